The lowest BCUT2D eigenvalue weighted by molar-refractivity contribution is -0.114. The normalized spacial score (nSPS) is 15.0. The molecule has 5 N–H and O–H groups in total. The average Bonchev–Trinajstić information content (AvgIpc) is 2.52. The molecule has 0 saturated heterocycles. The zero-order chi connectivity index (χ0) is 18.7. The number of carbonyl (C=O) groups is 1. The summed E-state index contributed by atoms with van der Waals surface area (Å²) < 4.78 is 57.6. The highest BCUT2D eigenvalue weighted by atomic mass is 32.2. The fourth-order valence-electron chi connectivity index (χ4n) is 2.22. The molecule has 0 aromatic heterocycles. The van der Waals surface area contributed by atoms with Crippen molar-refractivity contribution in [3.8, 4) is 0 Å². The third kappa shape index (κ3) is 4.48. The maximum atomic E-state index is 11.8. The first-order valence-electron chi connectivity index (χ1n) is 6.69. The predicted octanol–water partition coefficient (Wildman–Crippen LogP) is 0.824. The topological polar surface area (TPSA) is 159 Å². The summed E-state index contributed by atoms with van der Waals surface area (Å²) in [5.74, 6) is -0.542. The van der Waals surface area contributed by atoms with E-state index in [1.807, 2.05) is 0 Å². The predicted molar refractivity (Wildman–Crippen MR) is 97.3 cm³/mol. The van der Waals surface area contributed by atoms with E-state index >= 15 is 0 Å². The Kier molecular flexibility index (Phi) is 6.37. The number of nitrogens with one attached hydrogen (secondary N) is 1. The molecule has 0 fully saturated rings. The molecule has 9 nitrogen and oxygen atoms in total. The summed E-state index contributed by atoms with van der Waals surface area (Å²) in [6.45, 7) is -0.309. The molecule has 0 heterocycles. The number of benzene rings is 2. The van der Waals surface area contributed by atoms with Crippen molar-refractivity contribution >= 4 is 60.8 Å². The summed E-state index contributed by atoms with van der Waals surface area (Å²) in [4.78, 5) is 11.4. The molecule has 2 aromatic carbocycles. The van der Waals surface area contributed by atoms with Gasteiger partial charge in [-0.2, -0.15) is 0 Å². The van der Waals surface area contributed by atoms with E-state index in [2.05, 4.69) is 9.68 Å². The Balaban J connectivity index is 2.95. The van der Waals surface area contributed by atoms with Gasteiger partial charge in [0.05, 0.1) is 27.7 Å². The molecule has 0 aliphatic rings. The molecule has 0 aliphatic carbocycles. The Morgan fingerprint density at radius 1 is 1.24 bits per heavy atom. The number of nitrogens with two attached hydrogens (primary N) is 1. The zero-order valence-electron chi connectivity index (χ0n) is 12.8. The zero-order valence-corrected chi connectivity index (χ0v) is 15.4. The summed E-state index contributed by atoms with van der Waals surface area (Å²) in [6.07, 6.45) is 1.35. The Morgan fingerprint density at radius 2 is 1.88 bits per heavy atom. The highest BCUT2D eigenvalue weighted by Crippen LogP contribution is 2.36. The lowest BCUT2D eigenvalue weighted by Crippen LogP contribution is -2.22. The van der Waals surface area contributed by atoms with E-state index < -0.39 is 38.7 Å². The number of rotatable bonds is 5. The minimum atomic E-state index is -2.50. The van der Waals surface area contributed by atoms with Crippen LogP contribution in [0.5, 0.6) is 0 Å². The summed E-state index contributed by atoms with van der Waals surface area (Å²) in [5.41, 5.74) is 5.53. The molecule has 0 saturated carbocycles. The SMILES string of the molecule is C/[SH](=O)=N/c1cc(S(=O)O)c2c(NC(=O)CN)ccc(S(=O)O)c2c1. The highest BCUT2D eigenvalue weighted by Gasteiger charge is 2.18. The smallest absolute Gasteiger partial charge is 0.238 e. The van der Waals surface area contributed by atoms with Crippen molar-refractivity contribution in [2.45, 2.75) is 9.79 Å². The maximum Gasteiger partial charge on any atom is 0.238 e. The number of hydrogen-bond acceptors (Lipinski definition) is 6. The standard InChI is InChI=1S/C13H15N3O6S3/c1-23(18)16-7-4-8-10(24(19)20)3-2-9(15-12(17)6-14)13(8)11(5-7)25(21)22/h2-5,23H,6,14H2,1H3,(H,15,17)(H,19,20)(H,21,22). The number of nitrogens with zero attached hydrogens (tertiary/aromatic N) is 1. The average molecular weight is 405 g/mol. The first kappa shape index (κ1) is 19.6. The van der Waals surface area contributed by atoms with Crippen LogP contribution in [0.3, 0.4) is 0 Å². The van der Waals surface area contributed by atoms with Crippen LogP contribution in [0.2, 0.25) is 0 Å². The Hall–Kier alpha value is -1.70. The number of anilines is 1. The van der Waals surface area contributed by atoms with Gasteiger partial charge in [0.25, 0.3) is 0 Å². The molecule has 3 unspecified atom stereocenters. The van der Waals surface area contributed by atoms with Gasteiger partial charge in [-0.15, -0.1) is 0 Å². The molecule has 0 bridgehead atoms. The quantitative estimate of drug-likeness (QED) is 0.364. The summed E-state index contributed by atoms with van der Waals surface area (Å²) in [7, 11) is -1.94. The van der Waals surface area contributed by atoms with E-state index in [9.17, 15) is 26.5 Å². The lowest BCUT2D eigenvalue weighted by atomic mass is 10.1. The molecule has 1 amide bonds. The van der Waals surface area contributed by atoms with E-state index in [4.69, 9.17) is 5.73 Å². The molecule has 0 spiro atoms. The van der Waals surface area contributed by atoms with Gasteiger partial charge >= 0.3 is 0 Å². The highest BCUT2D eigenvalue weighted by molar-refractivity contribution is 7.80. The molecule has 3 atom stereocenters. The molecule has 2 aromatic rings. The third-order valence-electron chi connectivity index (χ3n) is 3.12. The fourth-order valence-corrected chi connectivity index (χ4v) is 3.81. The Morgan fingerprint density at radius 3 is 2.40 bits per heavy atom. The van der Waals surface area contributed by atoms with Crippen LogP contribution in [0.15, 0.2) is 38.4 Å². The fraction of sp³-hybridized carbons (Fsp3) is 0.154. The van der Waals surface area contributed by atoms with Crippen molar-refractivity contribution < 1.29 is 26.5 Å². The minimum Gasteiger partial charge on any atom is -0.324 e. The number of hydrogen-bond donors (Lipinski definition) is 5. The lowest BCUT2D eigenvalue weighted by Gasteiger charge is -2.13. The van der Waals surface area contributed by atoms with Crippen molar-refractivity contribution in [2.75, 3.05) is 18.1 Å². The molecule has 12 heteroatoms. The van der Waals surface area contributed by atoms with Crippen molar-refractivity contribution in [1.82, 2.24) is 0 Å². The number of amides is 1. The van der Waals surface area contributed by atoms with Crippen LogP contribution in [0.4, 0.5) is 11.4 Å². The number of fused-ring (bicyclic) bond motifs is 1. The van der Waals surface area contributed by atoms with Gasteiger partial charge in [-0.3, -0.25) is 9.00 Å². The van der Waals surface area contributed by atoms with E-state index in [0.717, 1.165) is 0 Å². The first-order valence-corrected chi connectivity index (χ1v) is 10.6. The van der Waals surface area contributed by atoms with Gasteiger partial charge in [-0.05, 0) is 24.3 Å². The van der Waals surface area contributed by atoms with Gasteiger partial charge in [0.15, 0.2) is 22.2 Å². The Labute approximate surface area is 149 Å². The van der Waals surface area contributed by atoms with Crippen LogP contribution in [0.25, 0.3) is 10.8 Å². The number of carbonyl (C=O) groups excluding carboxylic acids is 1. The van der Waals surface area contributed by atoms with Crippen molar-refractivity contribution in [2.24, 2.45) is 10.1 Å². The molecule has 0 radical (unpaired) electrons. The van der Waals surface area contributed by atoms with Crippen molar-refractivity contribution in [1.29, 1.82) is 0 Å². The van der Waals surface area contributed by atoms with E-state index in [0.29, 0.717) is 0 Å². The Bertz CT molecular complexity index is 985. The van der Waals surface area contributed by atoms with Crippen LogP contribution in [-0.4, -0.2) is 40.4 Å². The van der Waals surface area contributed by atoms with Gasteiger partial charge in [-0.1, -0.05) is 0 Å². The second-order valence-corrected chi connectivity index (χ2v) is 7.80. The second-order valence-electron chi connectivity index (χ2n) is 4.79. The third-order valence-corrected chi connectivity index (χ3v) is 5.06. The molecule has 25 heavy (non-hydrogen) atoms. The summed E-state index contributed by atoms with van der Waals surface area (Å²) >= 11 is -4.90. The van der Waals surface area contributed by atoms with Gasteiger partial charge < -0.3 is 20.2 Å². The molecular formula is C13H15N3O6S3. The van der Waals surface area contributed by atoms with E-state index in [-0.39, 0.29) is 38.5 Å². The van der Waals surface area contributed by atoms with Gasteiger partial charge in [0.2, 0.25) is 5.91 Å². The molecule has 2 rings (SSSR count). The maximum absolute atomic E-state index is 11.8. The van der Waals surface area contributed by atoms with Crippen LogP contribution in [-0.2, 0) is 37.6 Å². The van der Waals surface area contributed by atoms with Crippen molar-refractivity contribution in [3.05, 3.63) is 24.3 Å². The van der Waals surface area contributed by atoms with Gasteiger partial charge in [0, 0.05) is 27.6 Å². The monoisotopic (exact) mass is 405 g/mol. The number of thiol groups is 1. The summed E-state index contributed by atoms with van der Waals surface area (Å²) in [6, 6.07) is 5.23. The largest absolute Gasteiger partial charge is 0.324 e. The second kappa shape index (κ2) is 8.12. The van der Waals surface area contributed by atoms with Crippen LogP contribution in [0, 0.1) is 0 Å². The van der Waals surface area contributed by atoms with Gasteiger partial charge in [-0.25, -0.2) is 12.8 Å². The van der Waals surface area contributed by atoms with Crippen molar-refractivity contribution in [3.63, 3.8) is 0 Å². The van der Waals surface area contributed by atoms with E-state index in [1.165, 1.54) is 30.5 Å². The van der Waals surface area contributed by atoms with E-state index in [1.54, 1.807) is 0 Å². The van der Waals surface area contributed by atoms with Gasteiger partial charge in [0.1, 0.15) is 0 Å². The molecular weight excluding hydrogens is 390 g/mol. The summed E-state index contributed by atoms with van der Waals surface area (Å²) in [5, 5.41) is 2.71. The van der Waals surface area contributed by atoms with Crippen LogP contribution >= 0.6 is 0 Å². The van der Waals surface area contributed by atoms with Crippen LogP contribution in [0.1, 0.15) is 0 Å². The molecule has 136 valence electrons. The first-order chi connectivity index (χ1) is 11.7. The van der Waals surface area contributed by atoms with Crippen LogP contribution < -0.4 is 11.1 Å². The molecule has 0 aliphatic heterocycles. The minimum absolute atomic E-state index is 0.0455.